The predicted octanol–water partition coefficient (Wildman–Crippen LogP) is 5.57. The van der Waals surface area contributed by atoms with Crippen LogP contribution in [0.4, 0.5) is 11.4 Å². The van der Waals surface area contributed by atoms with Gasteiger partial charge < -0.3 is 5.32 Å². The lowest BCUT2D eigenvalue weighted by Gasteiger charge is -2.13. The van der Waals surface area contributed by atoms with E-state index >= 15 is 0 Å². The van der Waals surface area contributed by atoms with Crippen molar-refractivity contribution in [2.24, 2.45) is 0 Å². The van der Waals surface area contributed by atoms with E-state index in [-0.39, 0.29) is 16.1 Å². The number of hydrogen-bond acceptors (Lipinski definition) is 4. The van der Waals surface area contributed by atoms with Crippen molar-refractivity contribution in [2.45, 2.75) is 28.9 Å². The summed E-state index contributed by atoms with van der Waals surface area (Å²) < 4.78 is 27.5. The maximum atomic E-state index is 12.5. The molecule has 8 heteroatoms. The number of carbonyl (C=O) groups is 1. The van der Waals surface area contributed by atoms with Crippen LogP contribution >= 0.6 is 23.4 Å². The maximum Gasteiger partial charge on any atom is 0.261 e. The topological polar surface area (TPSA) is 75.3 Å². The fourth-order valence-electron chi connectivity index (χ4n) is 2.57. The molecule has 0 aliphatic rings. The Morgan fingerprint density at radius 3 is 2.07 bits per heavy atom. The lowest BCUT2D eigenvalue weighted by Crippen LogP contribution is -2.22. The number of nitrogens with one attached hydrogen (secondary N) is 2. The summed E-state index contributed by atoms with van der Waals surface area (Å²) in [5.41, 5.74) is 2.11. The van der Waals surface area contributed by atoms with E-state index in [2.05, 4.69) is 10.0 Å². The lowest BCUT2D eigenvalue weighted by molar-refractivity contribution is -0.115. The highest BCUT2D eigenvalue weighted by Gasteiger charge is 2.17. The van der Waals surface area contributed by atoms with Crippen LogP contribution in [0.5, 0.6) is 0 Å². The van der Waals surface area contributed by atoms with Crippen LogP contribution < -0.4 is 10.0 Å². The zero-order chi connectivity index (χ0) is 21.7. The van der Waals surface area contributed by atoms with E-state index in [1.54, 1.807) is 36.4 Å². The number of hydrogen-bond donors (Lipinski definition) is 2. The Bertz CT molecular complexity index is 1110. The SMILES string of the molecule is Cc1ccc(S[C@@H](C)C(=O)Nc2ccc(S(=O)(=O)Nc3ccc(Cl)cc3)cc2)cc1. The third-order valence-corrected chi connectivity index (χ3v) is 6.99. The molecule has 0 spiro atoms. The number of aryl methyl sites for hydroxylation is 1. The van der Waals surface area contributed by atoms with E-state index < -0.39 is 10.0 Å². The van der Waals surface area contributed by atoms with Crippen molar-refractivity contribution < 1.29 is 13.2 Å². The number of sulfonamides is 1. The highest BCUT2D eigenvalue weighted by Crippen LogP contribution is 2.25. The molecule has 3 aromatic carbocycles. The molecule has 1 amide bonds. The van der Waals surface area contributed by atoms with Gasteiger partial charge in [0.1, 0.15) is 0 Å². The number of rotatable bonds is 7. The Balaban J connectivity index is 1.62. The molecular weight excluding hydrogens is 440 g/mol. The van der Waals surface area contributed by atoms with Crippen LogP contribution in [0.3, 0.4) is 0 Å². The van der Waals surface area contributed by atoms with Gasteiger partial charge >= 0.3 is 0 Å². The molecule has 1 atom stereocenters. The summed E-state index contributed by atoms with van der Waals surface area (Å²) in [7, 11) is -3.74. The largest absolute Gasteiger partial charge is 0.325 e. The van der Waals surface area contributed by atoms with E-state index in [1.807, 2.05) is 38.1 Å². The van der Waals surface area contributed by atoms with Crippen molar-refractivity contribution in [1.82, 2.24) is 0 Å². The first kappa shape index (κ1) is 22.2. The van der Waals surface area contributed by atoms with E-state index in [0.29, 0.717) is 16.4 Å². The summed E-state index contributed by atoms with van der Waals surface area (Å²) in [5.74, 6) is -0.157. The quantitative estimate of drug-likeness (QED) is 0.452. The van der Waals surface area contributed by atoms with Gasteiger partial charge in [0.05, 0.1) is 10.1 Å². The van der Waals surface area contributed by atoms with Crippen molar-refractivity contribution in [2.75, 3.05) is 10.0 Å². The Hall–Kier alpha value is -2.48. The smallest absolute Gasteiger partial charge is 0.261 e. The van der Waals surface area contributed by atoms with Crippen molar-refractivity contribution in [1.29, 1.82) is 0 Å². The second kappa shape index (κ2) is 9.55. The first-order valence-electron chi connectivity index (χ1n) is 9.15. The molecule has 0 unspecified atom stereocenters. The second-order valence-electron chi connectivity index (χ2n) is 6.70. The van der Waals surface area contributed by atoms with Gasteiger partial charge in [-0.1, -0.05) is 29.3 Å². The van der Waals surface area contributed by atoms with Gasteiger partial charge in [0.15, 0.2) is 0 Å². The lowest BCUT2D eigenvalue weighted by atomic mass is 10.2. The fraction of sp³-hybridized carbons (Fsp3) is 0.136. The third-order valence-electron chi connectivity index (χ3n) is 4.23. The normalized spacial score (nSPS) is 12.2. The molecule has 0 radical (unpaired) electrons. The van der Waals surface area contributed by atoms with Gasteiger partial charge in [-0.25, -0.2) is 8.42 Å². The van der Waals surface area contributed by atoms with E-state index in [4.69, 9.17) is 11.6 Å². The van der Waals surface area contributed by atoms with Gasteiger partial charge in [-0.15, -0.1) is 11.8 Å². The van der Waals surface area contributed by atoms with E-state index in [0.717, 1.165) is 10.5 Å². The molecule has 3 rings (SSSR count). The summed E-state index contributed by atoms with van der Waals surface area (Å²) in [6, 6.07) is 20.4. The monoisotopic (exact) mass is 460 g/mol. The summed E-state index contributed by atoms with van der Waals surface area (Å²) in [5, 5.41) is 3.04. The van der Waals surface area contributed by atoms with Gasteiger partial charge in [0.25, 0.3) is 10.0 Å². The highest BCUT2D eigenvalue weighted by atomic mass is 35.5. The van der Waals surface area contributed by atoms with Crippen LogP contribution in [0.15, 0.2) is 82.6 Å². The number of benzene rings is 3. The summed E-state index contributed by atoms with van der Waals surface area (Å²) in [6.07, 6.45) is 0. The van der Waals surface area contributed by atoms with Crippen LogP contribution in [0.2, 0.25) is 5.02 Å². The molecule has 0 bridgehead atoms. The first-order valence-corrected chi connectivity index (χ1v) is 11.9. The van der Waals surface area contributed by atoms with Crippen molar-refractivity contribution in [3.8, 4) is 0 Å². The molecule has 0 aliphatic carbocycles. The average Bonchev–Trinajstić information content (AvgIpc) is 2.71. The molecule has 30 heavy (non-hydrogen) atoms. The molecular formula is C22H21ClN2O3S2. The molecule has 0 aromatic heterocycles. The van der Waals surface area contributed by atoms with Crippen LogP contribution in [0, 0.1) is 6.92 Å². The van der Waals surface area contributed by atoms with Crippen LogP contribution in [-0.2, 0) is 14.8 Å². The average molecular weight is 461 g/mol. The van der Waals surface area contributed by atoms with Crippen LogP contribution in [0.25, 0.3) is 0 Å². The molecule has 0 fully saturated rings. The molecule has 0 saturated heterocycles. The highest BCUT2D eigenvalue weighted by molar-refractivity contribution is 8.00. The summed E-state index contributed by atoms with van der Waals surface area (Å²) in [6.45, 7) is 3.84. The first-order chi connectivity index (χ1) is 14.2. The van der Waals surface area contributed by atoms with Crippen molar-refractivity contribution in [3.05, 3.63) is 83.4 Å². The van der Waals surface area contributed by atoms with E-state index in [9.17, 15) is 13.2 Å². The van der Waals surface area contributed by atoms with Gasteiger partial charge in [-0.3, -0.25) is 9.52 Å². The van der Waals surface area contributed by atoms with Crippen LogP contribution in [-0.4, -0.2) is 19.6 Å². The number of halogens is 1. The number of anilines is 2. The summed E-state index contributed by atoms with van der Waals surface area (Å²) in [4.78, 5) is 13.6. The summed E-state index contributed by atoms with van der Waals surface area (Å²) >= 11 is 7.28. The van der Waals surface area contributed by atoms with Crippen LogP contribution in [0.1, 0.15) is 12.5 Å². The number of carbonyl (C=O) groups excluding carboxylic acids is 1. The zero-order valence-corrected chi connectivity index (χ0v) is 18.8. The maximum absolute atomic E-state index is 12.5. The number of amides is 1. The fourth-order valence-corrected chi connectivity index (χ4v) is 4.62. The molecule has 3 aromatic rings. The van der Waals surface area contributed by atoms with Gasteiger partial charge in [-0.2, -0.15) is 0 Å². The second-order valence-corrected chi connectivity index (χ2v) is 10.2. The Kier molecular flexibility index (Phi) is 7.07. The third kappa shape index (κ3) is 6.01. The molecule has 5 nitrogen and oxygen atoms in total. The molecule has 0 heterocycles. The standard InChI is InChI=1S/C22H21ClN2O3S2/c1-15-3-11-20(12-4-15)29-16(2)22(26)24-18-9-13-21(14-10-18)30(27,28)25-19-7-5-17(23)6-8-19/h3-14,16,25H,1-2H3,(H,24,26)/t16-/m0/s1. The van der Waals surface area contributed by atoms with E-state index in [1.165, 1.54) is 23.9 Å². The minimum Gasteiger partial charge on any atom is -0.325 e. The number of thioether (sulfide) groups is 1. The van der Waals surface area contributed by atoms with Gasteiger partial charge in [-0.05, 0) is 74.5 Å². The molecule has 0 saturated carbocycles. The zero-order valence-electron chi connectivity index (χ0n) is 16.4. The van der Waals surface area contributed by atoms with Gasteiger partial charge in [0, 0.05) is 21.3 Å². The molecule has 156 valence electrons. The Morgan fingerprint density at radius 1 is 0.900 bits per heavy atom. The minimum atomic E-state index is -3.74. The molecule has 0 aliphatic heterocycles. The van der Waals surface area contributed by atoms with Gasteiger partial charge in [0.2, 0.25) is 5.91 Å². The van der Waals surface area contributed by atoms with Crippen molar-refractivity contribution in [3.63, 3.8) is 0 Å². The Morgan fingerprint density at radius 2 is 1.47 bits per heavy atom. The molecule has 2 N–H and O–H groups in total. The minimum absolute atomic E-state index is 0.0949. The predicted molar refractivity (Wildman–Crippen MR) is 124 cm³/mol. The Labute approximate surface area is 185 Å². The van der Waals surface area contributed by atoms with Crippen molar-refractivity contribution >= 4 is 50.7 Å².